The van der Waals surface area contributed by atoms with Gasteiger partial charge in [0.1, 0.15) is 5.82 Å². The molecule has 0 bridgehead atoms. The number of ether oxygens (including phenoxy) is 1. The maximum absolute atomic E-state index is 14.6. The highest BCUT2D eigenvalue weighted by molar-refractivity contribution is 5.70. The first-order valence-corrected chi connectivity index (χ1v) is 10.9. The Morgan fingerprint density at radius 1 is 0.818 bits per heavy atom. The monoisotopic (exact) mass is 455 g/mol. The summed E-state index contributed by atoms with van der Waals surface area (Å²) in [6.45, 7) is 4.03. The first-order chi connectivity index (χ1) is 15.8. The first kappa shape index (κ1) is 24.5. The molecule has 3 aromatic carbocycles. The zero-order valence-electron chi connectivity index (χ0n) is 19.0. The minimum absolute atomic E-state index is 0.00643. The van der Waals surface area contributed by atoms with E-state index in [9.17, 15) is 18.0 Å². The van der Waals surface area contributed by atoms with Gasteiger partial charge >= 0.3 is 5.97 Å². The van der Waals surface area contributed by atoms with E-state index in [1.165, 1.54) is 7.11 Å². The van der Waals surface area contributed by atoms with Gasteiger partial charge in [0.2, 0.25) is 0 Å². The molecule has 0 aliphatic rings. The summed E-state index contributed by atoms with van der Waals surface area (Å²) in [7, 11) is 1.29. The van der Waals surface area contributed by atoms with E-state index in [1.54, 1.807) is 0 Å². The Labute approximate surface area is 192 Å². The predicted molar refractivity (Wildman–Crippen MR) is 122 cm³/mol. The van der Waals surface area contributed by atoms with Crippen LogP contribution in [0.25, 0.3) is 0 Å². The van der Waals surface area contributed by atoms with Crippen LogP contribution < -0.4 is 0 Å². The van der Waals surface area contributed by atoms with E-state index in [0.29, 0.717) is 6.07 Å². The van der Waals surface area contributed by atoms with Crippen LogP contribution in [-0.4, -0.2) is 24.0 Å². The van der Waals surface area contributed by atoms with Gasteiger partial charge in [-0.25, -0.2) is 13.2 Å². The van der Waals surface area contributed by atoms with Gasteiger partial charge in [0.15, 0.2) is 11.6 Å². The van der Waals surface area contributed by atoms with E-state index in [0.717, 1.165) is 17.2 Å². The minimum Gasteiger partial charge on any atom is -0.469 e. The molecule has 0 saturated heterocycles. The van der Waals surface area contributed by atoms with E-state index < -0.39 is 29.5 Å². The van der Waals surface area contributed by atoms with Crippen molar-refractivity contribution in [3.63, 3.8) is 0 Å². The second-order valence-corrected chi connectivity index (χ2v) is 8.12. The third kappa shape index (κ3) is 6.02. The lowest BCUT2D eigenvalue weighted by molar-refractivity contribution is -0.142. The molecule has 6 heteroatoms. The van der Waals surface area contributed by atoms with Crippen molar-refractivity contribution in [2.45, 2.75) is 44.8 Å². The quantitative estimate of drug-likeness (QED) is 0.276. The largest absolute Gasteiger partial charge is 0.469 e. The number of carbonyl (C=O) groups excluding carboxylic acids is 1. The Morgan fingerprint density at radius 3 is 1.79 bits per heavy atom. The fraction of sp³-hybridized carbons (Fsp3) is 0.296. The zero-order chi connectivity index (χ0) is 24.0. The molecule has 0 aliphatic carbocycles. The van der Waals surface area contributed by atoms with Crippen molar-refractivity contribution >= 4 is 5.97 Å². The minimum atomic E-state index is -1.24. The molecular weight excluding hydrogens is 427 g/mol. The predicted octanol–water partition coefficient (Wildman–Crippen LogP) is 6.40. The van der Waals surface area contributed by atoms with Crippen LogP contribution in [0, 0.1) is 17.5 Å². The molecule has 3 aromatic rings. The second-order valence-electron chi connectivity index (χ2n) is 8.12. The third-order valence-electron chi connectivity index (χ3n) is 6.05. The number of nitrogens with zero attached hydrogens (tertiary/aromatic N) is 1. The van der Waals surface area contributed by atoms with Crippen LogP contribution >= 0.6 is 0 Å². The fourth-order valence-electron chi connectivity index (χ4n) is 4.31. The summed E-state index contributed by atoms with van der Waals surface area (Å²) in [5.41, 5.74) is 2.04. The maximum atomic E-state index is 14.6. The summed E-state index contributed by atoms with van der Waals surface area (Å²) >= 11 is 0. The number of rotatable bonds is 9. The Hall–Kier alpha value is -3.12. The molecule has 33 heavy (non-hydrogen) atoms. The van der Waals surface area contributed by atoms with Gasteiger partial charge in [0.05, 0.1) is 13.5 Å². The van der Waals surface area contributed by atoms with Crippen LogP contribution in [0.4, 0.5) is 13.2 Å². The van der Waals surface area contributed by atoms with Crippen molar-refractivity contribution in [2.24, 2.45) is 0 Å². The van der Waals surface area contributed by atoms with Gasteiger partial charge in [-0.15, -0.1) is 0 Å². The zero-order valence-corrected chi connectivity index (χ0v) is 19.0. The molecule has 3 unspecified atom stereocenters. The summed E-state index contributed by atoms with van der Waals surface area (Å²) < 4.78 is 47.0. The standard InChI is InChI=1S/C27H28F3NO2/c1-18(20-10-6-4-7-11-20)31(19(2)21-12-8-5-9-13-21)23(16-27(32)33-3)14-22-15-25(29)26(30)17-24(22)28/h4-13,15,17-19,23H,14,16H2,1-3H3. The molecule has 174 valence electrons. The molecule has 0 N–H and O–H groups in total. The summed E-state index contributed by atoms with van der Waals surface area (Å²) in [4.78, 5) is 14.5. The van der Waals surface area contributed by atoms with Crippen molar-refractivity contribution in [1.82, 2.24) is 4.90 Å². The van der Waals surface area contributed by atoms with Crippen molar-refractivity contribution in [2.75, 3.05) is 7.11 Å². The number of halogens is 3. The maximum Gasteiger partial charge on any atom is 0.307 e. The number of hydrogen-bond donors (Lipinski definition) is 0. The topological polar surface area (TPSA) is 29.5 Å². The van der Waals surface area contributed by atoms with Gasteiger partial charge in [-0.1, -0.05) is 60.7 Å². The number of carbonyl (C=O) groups is 1. The van der Waals surface area contributed by atoms with Crippen LogP contribution in [-0.2, 0) is 16.0 Å². The number of methoxy groups -OCH3 is 1. The van der Waals surface area contributed by atoms with E-state index in [2.05, 4.69) is 4.90 Å². The Balaban J connectivity index is 2.08. The molecule has 3 rings (SSSR count). The van der Waals surface area contributed by atoms with Gasteiger partial charge < -0.3 is 4.74 Å². The highest BCUT2D eigenvalue weighted by atomic mass is 19.2. The number of benzene rings is 3. The number of esters is 1. The summed E-state index contributed by atoms with van der Waals surface area (Å²) in [6, 6.07) is 20.1. The van der Waals surface area contributed by atoms with Gasteiger partial charge in [0, 0.05) is 24.2 Å². The third-order valence-corrected chi connectivity index (χ3v) is 6.05. The van der Waals surface area contributed by atoms with Crippen LogP contribution in [0.5, 0.6) is 0 Å². The average Bonchev–Trinajstić information content (AvgIpc) is 2.83. The van der Waals surface area contributed by atoms with E-state index in [-0.39, 0.29) is 30.5 Å². The smallest absolute Gasteiger partial charge is 0.307 e. The Morgan fingerprint density at radius 2 is 1.30 bits per heavy atom. The molecule has 0 fully saturated rings. The van der Waals surface area contributed by atoms with Crippen LogP contribution in [0.2, 0.25) is 0 Å². The fourth-order valence-corrected chi connectivity index (χ4v) is 4.31. The number of hydrogen-bond acceptors (Lipinski definition) is 3. The lowest BCUT2D eigenvalue weighted by Crippen LogP contribution is -2.42. The van der Waals surface area contributed by atoms with Crippen molar-refractivity contribution < 1.29 is 22.7 Å². The Bertz CT molecular complexity index is 1010. The molecule has 3 atom stereocenters. The highest BCUT2D eigenvalue weighted by Gasteiger charge is 2.32. The van der Waals surface area contributed by atoms with E-state index in [4.69, 9.17) is 4.74 Å². The molecule has 0 aliphatic heterocycles. The molecule has 0 heterocycles. The summed E-state index contributed by atoms with van der Waals surface area (Å²) in [5, 5.41) is 0. The first-order valence-electron chi connectivity index (χ1n) is 10.9. The molecular formula is C27H28F3NO2. The normalized spacial score (nSPS) is 14.0. The molecule has 3 nitrogen and oxygen atoms in total. The van der Waals surface area contributed by atoms with Crippen molar-refractivity contribution in [3.8, 4) is 0 Å². The summed E-state index contributed by atoms with van der Waals surface area (Å²) in [5.74, 6) is -3.67. The highest BCUT2D eigenvalue weighted by Crippen LogP contribution is 2.35. The molecule has 0 radical (unpaired) electrons. The Kier molecular flexibility index (Phi) is 8.28. The van der Waals surface area contributed by atoms with Crippen LogP contribution in [0.15, 0.2) is 72.8 Å². The SMILES string of the molecule is COC(=O)CC(Cc1cc(F)c(F)cc1F)N(C(C)c1ccccc1)C(C)c1ccccc1. The molecule has 0 saturated carbocycles. The van der Waals surface area contributed by atoms with E-state index in [1.807, 2.05) is 74.5 Å². The van der Waals surface area contributed by atoms with Crippen LogP contribution in [0.1, 0.15) is 49.0 Å². The van der Waals surface area contributed by atoms with Gasteiger partial charge in [0.25, 0.3) is 0 Å². The van der Waals surface area contributed by atoms with Gasteiger partial charge in [-0.2, -0.15) is 0 Å². The summed E-state index contributed by atoms with van der Waals surface area (Å²) in [6.07, 6.45) is -0.0320. The lowest BCUT2D eigenvalue weighted by atomic mass is 9.93. The van der Waals surface area contributed by atoms with E-state index >= 15 is 0 Å². The van der Waals surface area contributed by atoms with Crippen molar-refractivity contribution in [3.05, 3.63) is 107 Å². The second kappa shape index (κ2) is 11.1. The molecule has 0 aromatic heterocycles. The molecule has 0 spiro atoms. The van der Waals surface area contributed by atoms with Crippen molar-refractivity contribution in [1.29, 1.82) is 0 Å². The van der Waals surface area contributed by atoms with Crippen LogP contribution in [0.3, 0.4) is 0 Å². The van der Waals surface area contributed by atoms with Gasteiger partial charge in [-0.05, 0) is 43.0 Å². The molecule has 0 amide bonds. The van der Waals surface area contributed by atoms with Gasteiger partial charge in [-0.3, -0.25) is 9.69 Å². The lowest BCUT2D eigenvalue weighted by Gasteiger charge is -2.41. The average molecular weight is 456 g/mol.